The molecule has 3 rings (SSSR count). The molecule has 0 aromatic carbocycles. The van der Waals surface area contributed by atoms with Crippen molar-refractivity contribution in [2.24, 2.45) is 0 Å². The Kier molecular flexibility index (Phi) is 4.06. The number of hydrogen-bond donors (Lipinski definition) is 0. The molecule has 1 aliphatic rings. The minimum Gasteiger partial charge on any atom is -0.350 e. The fourth-order valence-electron chi connectivity index (χ4n) is 2.66. The lowest BCUT2D eigenvalue weighted by Gasteiger charge is -2.40. The van der Waals surface area contributed by atoms with E-state index in [2.05, 4.69) is 9.97 Å². The number of thiazole rings is 1. The Balaban J connectivity index is 1.71. The van der Waals surface area contributed by atoms with Gasteiger partial charge in [-0.15, -0.1) is 11.3 Å². The van der Waals surface area contributed by atoms with Crippen LogP contribution < -0.4 is 4.90 Å². The van der Waals surface area contributed by atoms with E-state index in [4.69, 9.17) is 0 Å². The van der Waals surface area contributed by atoms with Gasteiger partial charge in [-0.1, -0.05) is 6.07 Å². The molecule has 1 atom stereocenters. The molecule has 1 amide bonds. The number of aryl methyl sites for hydroxylation is 1. The predicted molar refractivity (Wildman–Crippen MR) is 83.8 cm³/mol. The molecule has 0 spiro atoms. The zero-order valence-electron chi connectivity index (χ0n) is 12.5. The van der Waals surface area contributed by atoms with Crippen LogP contribution in [0.3, 0.4) is 0 Å². The molecule has 1 unspecified atom stereocenters. The molecular weight excluding hydrogens is 303 g/mol. The number of anilines is 1. The molecular formula is C15H17FN4OS. The Bertz CT molecular complexity index is 690. The zero-order valence-corrected chi connectivity index (χ0v) is 13.3. The lowest BCUT2D eigenvalue weighted by molar-refractivity contribution is 0.0720. The molecule has 0 N–H and O–H groups in total. The van der Waals surface area contributed by atoms with Gasteiger partial charge in [0.05, 0.1) is 5.01 Å². The third-order valence-corrected chi connectivity index (χ3v) is 4.52. The van der Waals surface area contributed by atoms with Crippen LogP contribution in [0.1, 0.15) is 22.4 Å². The van der Waals surface area contributed by atoms with Gasteiger partial charge >= 0.3 is 0 Å². The summed E-state index contributed by atoms with van der Waals surface area (Å²) >= 11 is 1.48. The molecule has 116 valence electrons. The number of aromatic nitrogens is 2. The van der Waals surface area contributed by atoms with Gasteiger partial charge in [0, 0.05) is 31.1 Å². The lowest BCUT2D eigenvalue weighted by Crippen LogP contribution is -2.54. The number of amides is 1. The summed E-state index contributed by atoms with van der Waals surface area (Å²) in [5, 5.41) is 2.68. The van der Waals surface area contributed by atoms with Gasteiger partial charge in [0.15, 0.2) is 0 Å². The lowest BCUT2D eigenvalue weighted by atomic mass is 10.1. The highest BCUT2D eigenvalue weighted by molar-refractivity contribution is 7.09. The number of piperazine rings is 1. The summed E-state index contributed by atoms with van der Waals surface area (Å²) in [6.45, 7) is 5.69. The monoisotopic (exact) mass is 320 g/mol. The minimum absolute atomic E-state index is 0.0388. The average Bonchev–Trinajstić information content (AvgIpc) is 2.93. The summed E-state index contributed by atoms with van der Waals surface area (Å²) in [4.78, 5) is 24.4. The van der Waals surface area contributed by atoms with Crippen molar-refractivity contribution in [1.82, 2.24) is 14.9 Å². The van der Waals surface area contributed by atoms with Crippen molar-refractivity contribution < 1.29 is 9.18 Å². The van der Waals surface area contributed by atoms with Crippen molar-refractivity contribution >= 4 is 23.1 Å². The van der Waals surface area contributed by atoms with E-state index in [1.165, 1.54) is 17.4 Å². The summed E-state index contributed by atoms with van der Waals surface area (Å²) in [5.41, 5.74) is 0.507. The summed E-state index contributed by atoms with van der Waals surface area (Å²) in [7, 11) is 0. The number of carbonyl (C=O) groups is 1. The predicted octanol–water partition coefficient (Wildman–Crippen LogP) is 2.34. The van der Waals surface area contributed by atoms with E-state index < -0.39 is 5.95 Å². The van der Waals surface area contributed by atoms with Crippen LogP contribution >= 0.6 is 11.3 Å². The molecule has 22 heavy (non-hydrogen) atoms. The molecule has 1 fully saturated rings. The largest absolute Gasteiger partial charge is 0.350 e. The summed E-state index contributed by atoms with van der Waals surface area (Å²) in [5.74, 6) is 0.0910. The van der Waals surface area contributed by atoms with Gasteiger partial charge in [0.2, 0.25) is 5.95 Å². The van der Waals surface area contributed by atoms with Gasteiger partial charge < -0.3 is 9.80 Å². The molecule has 0 radical (unpaired) electrons. The van der Waals surface area contributed by atoms with E-state index in [9.17, 15) is 9.18 Å². The van der Waals surface area contributed by atoms with Crippen molar-refractivity contribution in [2.45, 2.75) is 19.9 Å². The Morgan fingerprint density at radius 1 is 1.36 bits per heavy atom. The highest BCUT2D eigenvalue weighted by Crippen LogP contribution is 2.20. The van der Waals surface area contributed by atoms with Crippen LogP contribution in [-0.4, -0.2) is 46.5 Å². The fraction of sp³-hybridized carbons (Fsp3) is 0.400. The first kappa shape index (κ1) is 14.9. The standard InChI is InChI=1S/C15H17FN4OS/c1-10-8-19(15(21)12-9-22-11(2)17-12)6-7-20(10)14-5-3-4-13(16)18-14/h3-5,9-10H,6-8H2,1-2H3. The van der Waals surface area contributed by atoms with Crippen molar-refractivity contribution in [2.75, 3.05) is 24.5 Å². The van der Waals surface area contributed by atoms with Crippen LogP contribution in [0.15, 0.2) is 23.6 Å². The third kappa shape index (κ3) is 2.94. The van der Waals surface area contributed by atoms with Crippen LogP contribution in [0.2, 0.25) is 0 Å². The Hall–Kier alpha value is -2.02. The molecule has 1 saturated heterocycles. The molecule has 2 aromatic heterocycles. The first-order valence-corrected chi connectivity index (χ1v) is 8.03. The van der Waals surface area contributed by atoms with Gasteiger partial charge in [0.25, 0.3) is 5.91 Å². The van der Waals surface area contributed by atoms with Gasteiger partial charge in [-0.2, -0.15) is 4.39 Å². The van der Waals surface area contributed by atoms with E-state index in [0.717, 1.165) is 5.01 Å². The fourth-order valence-corrected chi connectivity index (χ4v) is 3.25. The zero-order chi connectivity index (χ0) is 15.7. The van der Waals surface area contributed by atoms with Crippen molar-refractivity contribution in [3.8, 4) is 0 Å². The van der Waals surface area contributed by atoms with Crippen LogP contribution in [0.5, 0.6) is 0 Å². The quantitative estimate of drug-likeness (QED) is 0.797. The second kappa shape index (κ2) is 6.00. The summed E-state index contributed by atoms with van der Waals surface area (Å²) in [6.07, 6.45) is 0. The Labute approximate surface area is 132 Å². The van der Waals surface area contributed by atoms with E-state index in [1.807, 2.05) is 18.7 Å². The number of pyridine rings is 1. The first-order valence-electron chi connectivity index (χ1n) is 7.15. The molecule has 2 aromatic rings. The number of hydrogen-bond acceptors (Lipinski definition) is 5. The van der Waals surface area contributed by atoms with Crippen LogP contribution in [0.4, 0.5) is 10.2 Å². The van der Waals surface area contributed by atoms with Crippen LogP contribution in [0, 0.1) is 12.9 Å². The molecule has 3 heterocycles. The van der Waals surface area contributed by atoms with Crippen molar-refractivity contribution in [3.05, 3.63) is 40.2 Å². The maximum atomic E-state index is 13.3. The molecule has 0 bridgehead atoms. The van der Waals surface area contributed by atoms with Crippen molar-refractivity contribution in [1.29, 1.82) is 0 Å². The van der Waals surface area contributed by atoms with E-state index in [1.54, 1.807) is 22.4 Å². The van der Waals surface area contributed by atoms with Gasteiger partial charge in [-0.25, -0.2) is 9.97 Å². The summed E-state index contributed by atoms with van der Waals surface area (Å²) in [6, 6.07) is 4.85. The number of rotatable bonds is 2. The summed E-state index contributed by atoms with van der Waals surface area (Å²) < 4.78 is 13.3. The maximum Gasteiger partial charge on any atom is 0.273 e. The molecule has 7 heteroatoms. The minimum atomic E-state index is -0.485. The average molecular weight is 320 g/mol. The van der Waals surface area contributed by atoms with Gasteiger partial charge in [-0.05, 0) is 26.0 Å². The van der Waals surface area contributed by atoms with Gasteiger partial charge in [0.1, 0.15) is 11.5 Å². The van der Waals surface area contributed by atoms with Gasteiger partial charge in [-0.3, -0.25) is 4.79 Å². The maximum absolute atomic E-state index is 13.3. The number of halogens is 1. The van der Waals surface area contributed by atoms with Crippen LogP contribution in [-0.2, 0) is 0 Å². The van der Waals surface area contributed by atoms with Crippen molar-refractivity contribution in [3.63, 3.8) is 0 Å². The normalized spacial score (nSPS) is 18.6. The SMILES string of the molecule is Cc1nc(C(=O)N2CCN(c3cccc(F)n3)C(C)C2)cs1. The molecule has 0 saturated carbocycles. The van der Waals surface area contributed by atoms with E-state index in [-0.39, 0.29) is 11.9 Å². The molecule has 0 aliphatic carbocycles. The Morgan fingerprint density at radius 2 is 2.18 bits per heavy atom. The molecule has 1 aliphatic heterocycles. The second-order valence-electron chi connectivity index (χ2n) is 5.36. The van der Waals surface area contributed by atoms with E-state index in [0.29, 0.717) is 31.1 Å². The van der Waals surface area contributed by atoms with Crippen LogP contribution in [0.25, 0.3) is 0 Å². The topological polar surface area (TPSA) is 49.3 Å². The molecule has 5 nitrogen and oxygen atoms in total. The highest BCUT2D eigenvalue weighted by Gasteiger charge is 2.29. The second-order valence-corrected chi connectivity index (χ2v) is 6.43. The Morgan fingerprint density at radius 3 is 2.82 bits per heavy atom. The first-order chi connectivity index (χ1) is 10.5. The number of nitrogens with zero attached hydrogens (tertiary/aromatic N) is 4. The smallest absolute Gasteiger partial charge is 0.273 e. The third-order valence-electron chi connectivity index (χ3n) is 3.75. The van der Waals surface area contributed by atoms with E-state index >= 15 is 0 Å². The number of carbonyl (C=O) groups excluding carboxylic acids is 1. The highest BCUT2D eigenvalue weighted by atomic mass is 32.1.